The number of hydrogen-bond donors (Lipinski definition) is 1. The van der Waals surface area contributed by atoms with Gasteiger partial charge in [-0.25, -0.2) is 0 Å². The van der Waals surface area contributed by atoms with E-state index in [1.165, 1.54) is 0 Å². The highest BCUT2D eigenvalue weighted by atomic mass is 16.5. The minimum Gasteiger partial charge on any atom is -0.354 e. The van der Waals surface area contributed by atoms with Crippen molar-refractivity contribution in [2.75, 3.05) is 20.6 Å². The number of carbonyl (C=O) groups is 1. The first-order chi connectivity index (χ1) is 13.0. The van der Waals surface area contributed by atoms with Gasteiger partial charge in [0, 0.05) is 12.1 Å². The Balaban J connectivity index is 1.60. The molecule has 0 fully saturated rings. The predicted octanol–water partition coefficient (Wildman–Crippen LogP) is 3.01. The van der Waals surface area contributed by atoms with Crippen LogP contribution in [-0.2, 0) is 11.2 Å². The molecule has 6 heteroatoms. The third-order valence-electron chi connectivity index (χ3n) is 4.47. The van der Waals surface area contributed by atoms with E-state index < -0.39 is 0 Å². The van der Waals surface area contributed by atoms with E-state index >= 15 is 0 Å². The fourth-order valence-electron chi connectivity index (χ4n) is 2.94. The van der Waals surface area contributed by atoms with Gasteiger partial charge in [0.15, 0.2) is 0 Å². The molecule has 0 spiro atoms. The summed E-state index contributed by atoms with van der Waals surface area (Å²) in [5.41, 5.74) is 3.12. The molecular weight excluding hydrogens is 340 g/mol. The number of rotatable bonds is 7. The minimum atomic E-state index is -0.141. The third kappa shape index (κ3) is 4.80. The average molecular weight is 364 g/mol. The number of benzene rings is 2. The van der Waals surface area contributed by atoms with Gasteiger partial charge in [0.1, 0.15) is 6.42 Å². The summed E-state index contributed by atoms with van der Waals surface area (Å²) >= 11 is 0. The summed E-state index contributed by atoms with van der Waals surface area (Å²) in [5.74, 6) is 0.677. The van der Waals surface area contributed by atoms with E-state index in [1.807, 2.05) is 63.5 Å². The van der Waals surface area contributed by atoms with Gasteiger partial charge in [0.2, 0.25) is 17.6 Å². The van der Waals surface area contributed by atoms with E-state index in [1.54, 1.807) is 0 Å². The van der Waals surface area contributed by atoms with Crippen molar-refractivity contribution in [3.8, 4) is 11.4 Å². The highest BCUT2D eigenvalue weighted by molar-refractivity contribution is 5.77. The average Bonchev–Trinajstić information content (AvgIpc) is 3.11. The Kier molecular flexibility index (Phi) is 5.98. The third-order valence-corrected chi connectivity index (χ3v) is 4.47. The number of amides is 1. The van der Waals surface area contributed by atoms with Gasteiger partial charge in [-0.05, 0) is 32.1 Å². The molecule has 1 N–H and O–H groups in total. The first-order valence-electron chi connectivity index (χ1n) is 8.91. The SMILES string of the molecule is Cc1ccccc1-c1noc(CC(=O)NCC(c2ccccc2)N(C)C)n1. The fourth-order valence-corrected chi connectivity index (χ4v) is 2.94. The van der Waals surface area contributed by atoms with Gasteiger partial charge in [-0.2, -0.15) is 4.98 Å². The van der Waals surface area contributed by atoms with Crippen LogP contribution < -0.4 is 5.32 Å². The van der Waals surface area contributed by atoms with Crippen LogP contribution >= 0.6 is 0 Å². The second-order valence-electron chi connectivity index (χ2n) is 6.70. The lowest BCUT2D eigenvalue weighted by Gasteiger charge is -2.25. The molecule has 6 nitrogen and oxygen atoms in total. The van der Waals surface area contributed by atoms with Gasteiger partial charge in [-0.15, -0.1) is 0 Å². The molecule has 1 atom stereocenters. The Morgan fingerprint density at radius 1 is 1.11 bits per heavy atom. The number of nitrogens with one attached hydrogen (secondary N) is 1. The zero-order chi connectivity index (χ0) is 19.2. The van der Waals surface area contributed by atoms with Crippen LogP contribution in [0.2, 0.25) is 0 Å². The summed E-state index contributed by atoms with van der Waals surface area (Å²) in [5, 5.41) is 6.96. The Morgan fingerprint density at radius 2 is 1.81 bits per heavy atom. The minimum absolute atomic E-state index is 0.0633. The molecule has 1 heterocycles. The molecule has 1 unspecified atom stereocenters. The van der Waals surface area contributed by atoms with Crippen LogP contribution in [0, 0.1) is 6.92 Å². The van der Waals surface area contributed by atoms with Crippen LogP contribution in [0.25, 0.3) is 11.4 Å². The lowest BCUT2D eigenvalue weighted by atomic mass is 10.1. The standard InChI is InChI=1S/C21H24N4O2/c1-15-9-7-8-12-17(15)21-23-20(27-24-21)13-19(26)22-14-18(25(2)3)16-10-5-4-6-11-16/h4-12,18H,13-14H2,1-3H3,(H,22,26). The molecule has 0 radical (unpaired) electrons. The molecule has 1 amide bonds. The predicted molar refractivity (Wildman–Crippen MR) is 104 cm³/mol. The second kappa shape index (κ2) is 8.60. The molecule has 0 aliphatic rings. The number of likely N-dealkylation sites (N-methyl/N-ethyl adjacent to an activating group) is 1. The summed E-state index contributed by atoms with van der Waals surface area (Å²) in [6, 6.07) is 18.0. The van der Waals surface area contributed by atoms with Crippen molar-refractivity contribution in [3.63, 3.8) is 0 Å². The number of hydrogen-bond acceptors (Lipinski definition) is 5. The van der Waals surface area contributed by atoms with Crippen molar-refractivity contribution >= 4 is 5.91 Å². The first-order valence-corrected chi connectivity index (χ1v) is 8.91. The molecule has 27 heavy (non-hydrogen) atoms. The Morgan fingerprint density at radius 3 is 2.52 bits per heavy atom. The maximum atomic E-state index is 12.3. The summed E-state index contributed by atoms with van der Waals surface area (Å²) < 4.78 is 5.25. The lowest BCUT2D eigenvalue weighted by molar-refractivity contribution is -0.121. The Labute approximate surface area is 159 Å². The number of carbonyl (C=O) groups excluding carboxylic acids is 1. The van der Waals surface area contributed by atoms with Gasteiger partial charge in [-0.1, -0.05) is 59.8 Å². The van der Waals surface area contributed by atoms with E-state index in [4.69, 9.17) is 4.52 Å². The highest BCUT2D eigenvalue weighted by Crippen LogP contribution is 2.20. The second-order valence-corrected chi connectivity index (χ2v) is 6.70. The van der Waals surface area contributed by atoms with Crippen LogP contribution in [0.5, 0.6) is 0 Å². The van der Waals surface area contributed by atoms with Crippen molar-refractivity contribution in [2.45, 2.75) is 19.4 Å². The molecule has 0 saturated heterocycles. The van der Waals surface area contributed by atoms with Crippen molar-refractivity contribution in [2.24, 2.45) is 0 Å². The molecule has 140 valence electrons. The Bertz CT molecular complexity index is 890. The van der Waals surface area contributed by atoms with E-state index in [-0.39, 0.29) is 18.4 Å². The fraction of sp³-hybridized carbons (Fsp3) is 0.286. The number of aryl methyl sites for hydroxylation is 1. The maximum absolute atomic E-state index is 12.3. The molecule has 1 aromatic heterocycles. The summed E-state index contributed by atoms with van der Waals surface area (Å²) in [6.45, 7) is 2.50. The van der Waals surface area contributed by atoms with Crippen molar-refractivity contribution in [1.82, 2.24) is 20.4 Å². The maximum Gasteiger partial charge on any atom is 0.236 e. The Hall–Kier alpha value is -2.99. The van der Waals surface area contributed by atoms with Gasteiger partial charge >= 0.3 is 0 Å². The zero-order valence-electron chi connectivity index (χ0n) is 15.8. The smallest absolute Gasteiger partial charge is 0.236 e. The normalized spacial score (nSPS) is 12.1. The van der Waals surface area contributed by atoms with Gasteiger partial charge in [-0.3, -0.25) is 4.79 Å². The van der Waals surface area contributed by atoms with Crippen molar-refractivity contribution in [1.29, 1.82) is 0 Å². The highest BCUT2D eigenvalue weighted by Gasteiger charge is 2.17. The largest absolute Gasteiger partial charge is 0.354 e. The molecule has 0 saturated carbocycles. The summed E-state index contributed by atoms with van der Waals surface area (Å²) in [6.07, 6.45) is 0.0633. The molecule has 0 aliphatic heterocycles. The van der Waals surface area contributed by atoms with E-state index in [9.17, 15) is 4.79 Å². The van der Waals surface area contributed by atoms with Crippen LogP contribution in [0.1, 0.15) is 23.1 Å². The first kappa shape index (κ1) is 18.8. The van der Waals surface area contributed by atoms with Crippen LogP contribution in [-0.4, -0.2) is 41.6 Å². The van der Waals surface area contributed by atoms with E-state index in [2.05, 4.69) is 32.5 Å². The van der Waals surface area contributed by atoms with Crippen molar-refractivity contribution < 1.29 is 9.32 Å². The van der Waals surface area contributed by atoms with Gasteiger partial charge in [0.25, 0.3) is 0 Å². The summed E-state index contributed by atoms with van der Waals surface area (Å²) in [4.78, 5) is 18.8. The number of aromatic nitrogens is 2. The lowest BCUT2D eigenvalue weighted by Crippen LogP contribution is -2.35. The van der Waals surface area contributed by atoms with Gasteiger partial charge < -0.3 is 14.7 Å². The molecule has 3 aromatic rings. The quantitative estimate of drug-likeness (QED) is 0.698. The molecule has 0 bridgehead atoms. The van der Waals surface area contributed by atoms with Crippen molar-refractivity contribution in [3.05, 3.63) is 71.6 Å². The molecular formula is C21H24N4O2. The monoisotopic (exact) mass is 364 g/mol. The topological polar surface area (TPSA) is 71.3 Å². The molecule has 3 rings (SSSR count). The van der Waals surface area contributed by atoms with Crippen LogP contribution in [0.15, 0.2) is 59.1 Å². The molecule has 0 aliphatic carbocycles. The zero-order valence-corrected chi connectivity index (χ0v) is 15.8. The van der Waals surface area contributed by atoms with Crippen LogP contribution in [0.4, 0.5) is 0 Å². The van der Waals surface area contributed by atoms with E-state index in [0.717, 1.165) is 16.7 Å². The number of nitrogens with zero attached hydrogens (tertiary/aromatic N) is 3. The van der Waals surface area contributed by atoms with Crippen LogP contribution in [0.3, 0.4) is 0 Å². The summed E-state index contributed by atoms with van der Waals surface area (Å²) in [7, 11) is 3.99. The van der Waals surface area contributed by atoms with E-state index in [0.29, 0.717) is 18.3 Å². The van der Waals surface area contributed by atoms with Gasteiger partial charge in [0.05, 0.1) is 6.04 Å². The molecule has 2 aromatic carbocycles.